The molecule has 1 amide bonds. The zero-order chi connectivity index (χ0) is 13.6. The van der Waals surface area contributed by atoms with E-state index >= 15 is 0 Å². The number of nitrogens with one attached hydrogen (secondary N) is 1. The maximum Gasteiger partial charge on any atom is 0.237 e. The standard InChI is InChI=1S/C14H29N3O/c1-4-16-14(3,13(15)18)8-5-9-17-10-6-12(2)7-11-17/h12,16H,4-11H2,1-3H3,(H2,15,18). The number of primary amides is 1. The van der Waals surface area contributed by atoms with Gasteiger partial charge in [0.15, 0.2) is 0 Å². The van der Waals surface area contributed by atoms with Gasteiger partial charge in [0, 0.05) is 0 Å². The van der Waals surface area contributed by atoms with Crippen molar-refractivity contribution in [1.82, 2.24) is 10.2 Å². The Balaban J connectivity index is 2.28. The molecule has 0 radical (unpaired) electrons. The second kappa shape index (κ2) is 7.10. The molecule has 0 aliphatic carbocycles. The van der Waals surface area contributed by atoms with E-state index in [1.807, 2.05) is 13.8 Å². The van der Waals surface area contributed by atoms with E-state index in [1.54, 1.807) is 0 Å². The molecule has 1 fully saturated rings. The molecule has 0 bridgehead atoms. The molecule has 1 rings (SSSR count). The normalized spacial score (nSPS) is 21.7. The molecule has 0 aromatic heterocycles. The SMILES string of the molecule is CCNC(C)(CCCN1CCC(C)CC1)C(N)=O. The first-order chi connectivity index (χ1) is 8.48. The Hall–Kier alpha value is -0.610. The number of piperidine rings is 1. The van der Waals surface area contributed by atoms with E-state index in [0.717, 1.165) is 31.8 Å². The summed E-state index contributed by atoms with van der Waals surface area (Å²) in [7, 11) is 0. The summed E-state index contributed by atoms with van der Waals surface area (Å²) in [5, 5.41) is 3.21. The van der Waals surface area contributed by atoms with Gasteiger partial charge < -0.3 is 16.0 Å². The summed E-state index contributed by atoms with van der Waals surface area (Å²) in [5.41, 5.74) is 4.94. The van der Waals surface area contributed by atoms with Crippen LogP contribution in [0.15, 0.2) is 0 Å². The van der Waals surface area contributed by atoms with Crippen LogP contribution in [0.5, 0.6) is 0 Å². The Morgan fingerprint density at radius 3 is 2.56 bits per heavy atom. The number of carbonyl (C=O) groups excluding carboxylic acids is 1. The van der Waals surface area contributed by atoms with Crippen molar-refractivity contribution in [1.29, 1.82) is 0 Å². The van der Waals surface area contributed by atoms with Crippen LogP contribution in [0.2, 0.25) is 0 Å². The van der Waals surface area contributed by atoms with Crippen LogP contribution >= 0.6 is 0 Å². The van der Waals surface area contributed by atoms with E-state index in [2.05, 4.69) is 17.1 Å². The van der Waals surface area contributed by atoms with Crippen molar-refractivity contribution in [2.75, 3.05) is 26.2 Å². The highest BCUT2D eigenvalue weighted by molar-refractivity contribution is 5.84. The van der Waals surface area contributed by atoms with Gasteiger partial charge in [0.1, 0.15) is 0 Å². The fourth-order valence-corrected chi connectivity index (χ4v) is 2.63. The molecule has 1 unspecified atom stereocenters. The minimum absolute atomic E-state index is 0.239. The summed E-state index contributed by atoms with van der Waals surface area (Å²) in [4.78, 5) is 14.0. The van der Waals surface area contributed by atoms with Crippen molar-refractivity contribution in [3.05, 3.63) is 0 Å². The lowest BCUT2D eigenvalue weighted by atomic mass is 9.94. The molecule has 4 heteroatoms. The zero-order valence-corrected chi connectivity index (χ0v) is 12.2. The van der Waals surface area contributed by atoms with Crippen LogP contribution in [-0.4, -0.2) is 42.5 Å². The zero-order valence-electron chi connectivity index (χ0n) is 12.2. The Morgan fingerprint density at radius 2 is 2.06 bits per heavy atom. The fraction of sp³-hybridized carbons (Fsp3) is 0.929. The molecule has 0 spiro atoms. The Kier molecular flexibility index (Phi) is 6.09. The quantitative estimate of drug-likeness (QED) is 0.722. The number of likely N-dealkylation sites (N-methyl/N-ethyl adjacent to an activating group) is 1. The molecule has 4 nitrogen and oxygen atoms in total. The van der Waals surface area contributed by atoms with Crippen LogP contribution < -0.4 is 11.1 Å². The molecule has 1 heterocycles. The van der Waals surface area contributed by atoms with E-state index in [9.17, 15) is 4.79 Å². The van der Waals surface area contributed by atoms with Crippen molar-refractivity contribution in [2.24, 2.45) is 11.7 Å². The van der Waals surface area contributed by atoms with E-state index < -0.39 is 5.54 Å². The maximum atomic E-state index is 11.5. The van der Waals surface area contributed by atoms with Gasteiger partial charge in [-0.2, -0.15) is 0 Å². The number of hydrogen-bond acceptors (Lipinski definition) is 3. The van der Waals surface area contributed by atoms with Gasteiger partial charge in [-0.1, -0.05) is 13.8 Å². The number of amides is 1. The van der Waals surface area contributed by atoms with Gasteiger partial charge in [0.05, 0.1) is 5.54 Å². The van der Waals surface area contributed by atoms with Crippen molar-refractivity contribution in [3.8, 4) is 0 Å². The number of rotatable bonds is 7. The predicted octanol–water partition coefficient (Wildman–Crippen LogP) is 1.35. The Bertz CT molecular complexity index is 262. The smallest absolute Gasteiger partial charge is 0.237 e. The highest BCUT2D eigenvalue weighted by Crippen LogP contribution is 2.18. The number of hydrogen-bond donors (Lipinski definition) is 2. The lowest BCUT2D eigenvalue weighted by Crippen LogP contribution is -2.53. The molecule has 1 saturated heterocycles. The fourth-order valence-electron chi connectivity index (χ4n) is 2.63. The summed E-state index contributed by atoms with van der Waals surface area (Å²) < 4.78 is 0. The van der Waals surface area contributed by atoms with Gasteiger partial charge in [-0.05, 0) is 64.7 Å². The Morgan fingerprint density at radius 1 is 1.44 bits per heavy atom. The number of nitrogens with two attached hydrogens (primary N) is 1. The maximum absolute atomic E-state index is 11.5. The molecule has 1 aliphatic rings. The van der Waals surface area contributed by atoms with E-state index in [0.29, 0.717) is 0 Å². The van der Waals surface area contributed by atoms with Crippen LogP contribution in [0.25, 0.3) is 0 Å². The van der Waals surface area contributed by atoms with Crippen LogP contribution in [0, 0.1) is 5.92 Å². The van der Waals surface area contributed by atoms with Crippen molar-refractivity contribution < 1.29 is 4.79 Å². The third-order valence-electron chi connectivity index (χ3n) is 4.14. The molecule has 1 aliphatic heterocycles. The van der Waals surface area contributed by atoms with Gasteiger partial charge in [0.2, 0.25) is 5.91 Å². The molecule has 106 valence electrons. The summed E-state index contributed by atoms with van der Waals surface area (Å²) in [5.74, 6) is 0.635. The highest BCUT2D eigenvalue weighted by Gasteiger charge is 2.29. The monoisotopic (exact) mass is 255 g/mol. The molecule has 3 N–H and O–H groups in total. The molecule has 0 aromatic carbocycles. The van der Waals surface area contributed by atoms with Gasteiger partial charge in [-0.25, -0.2) is 0 Å². The van der Waals surface area contributed by atoms with Crippen molar-refractivity contribution >= 4 is 5.91 Å². The molecule has 1 atom stereocenters. The molecule has 0 saturated carbocycles. The van der Waals surface area contributed by atoms with E-state index in [-0.39, 0.29) is 5.91 Å². The lowest BCUT2D eigenvalue weighted by Gasteiger charge is -2.32. The number of likely N-dealkylation sites (tertiary alicyclic amines) is 1. The van der Waals surface area contributed by atoms with E-state index in [4.69, 9.17) is 5.73 Å². The first-order valence-corrected chi connectivity index (χ1v) is 7.25. The minimum atomic E-state index is -0.544. The summed E-state index contributed by atoms with van der Waals surface area (Å²) >= 11 is 0. The lowest BCUT2D eigenvalue weighted by molar-refractivity contribution is -0.124. The van der Waals surface area contributed by atoms with Gasteiger partial charge in [-0.3, -0.25) is 4.79 Å². The molecular formula is C14H29N3O. The molecule has 0 aromatic rings. The largest absolute Gasteiger partial charge is 0.368 e. The van der Waals surface area contributed by atoms with Crippen LogP contribution in [0.4, 0.5) is 0 Å². The van der Waals surface area contributed by atoms with Gasteiger partial charge in [-0.15, -0.1) is 0 Å². The summed E-state index contributed by atoms with van der Waals surface area (Å²) in [6.45, 7) is 10.5. The first-order valence-electron chi connectivity index (χ1n) is 7.25. The van der Waals surface area contributed by atoms with Crippen LogP contribution in [0.1, 0.15) is 46.5 Å². The molecule has 18 heavy (non-hydrogen) atoms. The highest BCUT2D eigenvalue weighted by atomic mass is 16.1. The third kappa shape index (κ3) is 4.58. The second-order valence-corrected chi connectivity index (χ2v) is 5.85. The third-order valence-corrected chi connectivity index (χ3v) is 4.14. The summed E-state index contributed by atoms with van der Waals surface area (Å²) in [6.07, 6.45) is 4.46. The average Bonchev–Trinajstić information content (AvgIpc) is 2.32. The van der Waals surface area contributed by atoms with Gasteiger partial charge >= 0.3 is 0 Å². The first kappa shape index (κ1) is 15.4. The average molecular weight is 255 g/mol. The topological polar surface area (TPSA) is 58.4 Å². The number of carbonyl (C=O) groups is 1. The van der Waals surface area contributed by atoms with E-state index in [1.165, 1.54) is 25.9 Å². The van der Waals surface area contributed by atoms with Crippen LogP contribution in [-0.2, 0) is 4.79 Å². The minimum Gasteiger partial charge on any atom is -0.368 e. The summed E-state index contributed by atoms with van der Waals surface area (Å²) in [6, 6.07) is 0. The van der Waals surface area contributed by atoms with Crippen LogP contribution in [0.3, 0.4) is 0 Å². The predicted molar refractivity (Wildman–Crippen MR) is 75.3 cm³/mol. The molecular weight excluding hydrogens is 226 g/mol. The van der Waals surface area contributed by atoms with Gasteiger partial charge in [0.25, 0.3) is 0 Å². The van der Waals surface area contributed by atoms with Crippen molar-refractivity contribution in [2.45, 2.75) is 52.0 Å². The Labute approximate surface area is 111 Å². The van der Waals surface area contributed by atoms with Crippen molar-refractivity contribution in [3.63, 3.8) is 0 Å². The number of nitrogens with zero attached hydrogens (tertiary/aromatic N) is 1. The second-order valence-electron chi connectivity index (χ2n) is 5.85.